The Bertz CT molecular complexity index is 1120. The Morgan fingerprint density at radius 1 is 1.03 bits per heavy atom. The molecule has 5 nitrogen and oxygen atoms in total. The summed E-state index contributed by atoms with van der Waals surface area (Å²) in [4.78, 5) is 0. The van der Waals surface area contributed by atoms with E-state index in [0.29, 0.717) is 6.54 Å². The van der Waals surface area contributed by atoms with Crippen molar-refractivity contribution in [3.63, 3.8) is 0 Å². The molecule has 0 spiro atoms. The van der Waals surface area contributed by atoms with Crippen LogP contribution in [-0.2, 0) is 29.4 Å². The van der Waals surface area contributed by atoms with E-state index in [1.54, 1.807) is 6.08 Å². The van der Waals surface area contributed by atoms with Crippen molar-refractivity contribution in [2.24, 2.45) is 0 Å². The lowest BCUT2D eigenvalue weighted by molar-refractivity contribution is 0.576. The van der Waals surface area contributed by atoms with Gasteiger partial charge in [-0.1, -0.05) is 60.7 Å². The van der Waals surface area contributed by atoms with Crippen LogP contribution in [-0.4, -0.2) is 18.2 Å². The van der Waals surface area contributed by atoms with Gasteiger partial charge in [0.2, 0.25) is 10.0 Å². The van der Waals surface area contributed by atoms with Gasteiger partial charge in [0, 0.05) is 22.7 Å². The minimum absolute atomic E-state index is 0.301. The van der Waals surface area contributed by atoms with Gasteiger partial charge in [0.15, 0.2) is 0 Å². The smallest absolute Gasteiger partial charge is 0.234 e. The fourth-order valence-electron chi connectivity index (χ4n) is 3.97. The average Bonchev–Trinajstić information content (AvgIpc) is 3.11. The van der Waals surface area contributed by atoms with E-state index in [9.17, 15) is 8.42 Å². The van der Waals surface area contributed by atoms with Crippen LogP contribution in [0.1, 0.15) is 53.9 Å². The van der Waals surface area contributed by atoms with Gasteiger partial charge in [-0.25, -0.2) is 13.1 Å². The van der Waals surface area contributed by atoms with Crippen molar-refractivity contribution < 1.29 is 8.42 Å². The molecule has 1 N–H and O–H groups in total. The standard InChI is InChI=1S/C24H27N3O2S/c1-19(21-12-6-3-7-13-21)26-30(28,29)17-16-23-22-14-8-9-15-24(22)27(25-23)18-20-10-4-2-5-11-20/h2-7,10-13,16-17,19,26H,8-9,14-15,18H2,1H3/t19-/m0/s1. The third-order valence-electron chi connectivity index (χ3n) is 5.51. The molecule has 3 aromatic rings. The summed E-state index contributed by atoms with van der Waals surface area (Å²) >= 11 is 0. The molecule has 0 aliphatic heterocycles. The molecule has 0 radical (unpaired) electrons. The van der Waals surface area contributed by atoms with Gasteiger partial charge in [-0.05, 0) is 49.8 Å². The SMILES string of the molecule is C[C@H](NS(=O)(=O)C=Cc1nn(Cc2ccccc2)c2c1CCCC2)c1ccccc1. The van der Waals surface area contributed by atoms with Crippen molar-refractivity contribution in [3.8, 4) is 0 Å². The highest BCUT2D eigenvalue weighted by atomic mass is 32.2. The molecular weight excluding hydrogens is 394 g/mol. The predicted molar refractivity (Wildman–Crippen MR) is 120 cm³/mol. The number of hydrogen-bond acceptors (Lipinski definition) is 3. The number of benzene rings is 2. The van der Waals surface area contributed by atoms with Crippen LogP contribution in [0.15, 0.2) is 66.1 Å². The highest BCUT2D eigenvalue weighted by molar-refractivity contribution is 7.92. The lowest BCUT2D eigenvalue weighted by Gasteiger charge is -2.14. The highest BCUT2D eigenvalue weighted by Crippen LogP contribution is 2.26. The fourth-order valence-corrected chi connectivity index (χ4v) is 4.99. The van der Waals surface area contributed by atoms with Gasteiger partial charge in [-0.15, -0.1) is 0 Å². The fraction of sp³-hybridized carbons (Fsp3) is 0.292. The molecule has 6 heteroatoms. The summed E-state index contributed by atoms with van der Waals surface area (Å²) in [5.41, 5.74) is 5.29. The quantitative estimate of drug-likeness (QED) is 0.612. The first-order valence-electron chi connectivity index (χ1n) is 10.4. The molecule has 30 heavy (non-hydrogen) atoms. The van der Waals surface area contributed by atoms with Crippen LogP contribution in [0.4, 0.5) is 0 Å². The van der Waals surface area contributed by atoms with E-state index in [0.717, 1.165) is 36.9 Å². The summed E-state index contributed by atoms with van der Waals surface area (Å²) in [5.74, 6) is 0. The molecule has 0 bridgehead atoms. The largest absolute Gasteiger partial charge is 0.264 e. The number of nitrogens with one attached hydrogen (secondary N) is 1. The van der Waals surface area contributed by atoms with Gasteiger partial charge in [-0.2, -0.15) is 5.10 Å². The zero-order valence-electron chi connectivity index (χ0n) is 17.2. The van der Waals surface area contributed by atoms with Crippen LogP contribution < -0.4 is 4.72 Å². The molecule has 0 saturated carbocycles. The minimum atomic E-state index is -3.58. The number of sulfonamides is 1. The lowest BCUT2D eigenvalue weighted by Crippen LogP contribution is -2.24. The molecule has 1 aliphatic carbocycles. The Balaban J connectivity index is 1.55. The van der Waals surface area contributed by atoms with Crippen molar-refractivity contribution in [1.82, 2.24) is 14.5 Å². The van der Waals surface area contributed by atoms with Crippen molar-refractivity contribution >= 4 is 16.1 Å². The maximum atomic E-state index is 12.6. The number of rotatable bonds is 7. The summed E-state index contributed by atoms with van der Waals surface area (Å²) in [6.45, 7) is 2.55. The third-order valence-corrected chi connectivity index (χ3v) is 6.69. The zero-order valence-corrected chi connectivity index (χ0v) is 18.0. The number of nitrogens with zero attached hydrogens (tertiary/aromatic N) is 2. The van der Waals surface area contributed by atoms with Gasteiger partial charge in [0.1, 0.15) is 0 Å². The Labute approximate surface area is 178 Å². The normalized spacial score (nSPS) is 15.2. The van der Waals surface area contributed by atoms with Gasteiger partial charge in [0.25, 0.3) is 0 Å². The minimum Gasteiger partial charge on any atom is -0.264 e. The van der Waals surface area contributed by atoms with E-state index in [1.165, 1.54) is 22.2 Å². The molecule has 0 unspecified atom stereocenters. The number of fused-ring (bicyclic) bond motifs is 1. The zero-order chi connectivity index (χ0) is 21.0. The molecule has 0 fully saturated rings. The topological polar surface area (TPSA) is 64.0 Å². The van der Waals surface area contributed by atoms with Crippen LogP contribution in [0.25, 0.3) is 6.08 Å². The van der Waals surface area contributed by atoms with Gasteiger partial charge < -0.3 is 0 Å². The Kier molecular flexibility index (Phi) is 6.16. The maximum Gasteiger partial charge on any atom is 0.234 e. The number of aromatic nitrogens is 2. The first-order valence-corrected chi connectivity index (χ1v) is 11.9. The van der Waals surface area contributed by atoms with E-state index < -0.39 is 10.0 Å². The van der Waals surface area contributed by atoms with E-state index in [-0.39, 0.29) is 6.04 Å². The van der Waals surface area contributed by atoms with Crippen molar-refractivity contribution in [3.05, 3.63) is 94.1 Å². The molecule has 1 heterocycles. The van der Waals surface area contributed by atoms with Crippen LogP contribution in [0.5, 0.6) is 0 Å². The Hall–Kier alpha value is -2.70. The molecule has 0 saturated heterocycles. The van der Waals surface area contributed by atoms with Crippen molar-refractivity contribution in [2.45, 2.75) is 45.2 Å². The monoisotopic (exact) mass is 421 g/mol. The number of hydrogen-bond donors (Lipinski definition) is 1. The molecule has 2 aromatic carbocycles. The summed E-state index contributed by atoms with van der Waals surface area (Å²) in [5, 5.41) is 6.01. The summed E-state index contributed by atoms with van der Waals surface area (Å²) < 4.78 is 30.0. The van der Waals surface area contributed by atoms with Crippen molar-refractivity contribution in [2.75, 3.05) is 0 Å². The van der Waals surface area contributed by atoms with Gasteiger partial charge in [-0.3, -0.25) is 4.68 Å². The average molecular weight is 422 g/mol. The molecule has 1 atom stereocenters. The first kappa shape index (κ1) is 20.6. The molecule has 0 amide bonds. The Morgan fingerprint density at radius 3 is 2.43 bits per heavy atom. The first-order chi connectivity index (χ1) is 14.5. The molecular formula is C24H27N3O2S. The van der Waals surface area contributed by atoms with E-state index in [4.69, 9.17) is 5.10 Å². The van der Waals surface area contributed by atoms with Crippen LogP contribution in [0.3, 0.4) is 0 Å². The van der Waals surface area contributed by atoms with Crippen LogP contribution >= 0.6 is 0 Å². The summed E-state index contributed by atoms with van der Waals surface area (Å²) in [6, 6.07) is 19.5. The Morgan fingerprint density at radius 2 is 1.70 bits per heavy atom. The molecule has 4 rings (SSSR count). The second-order valence-electron chi connectivity index (χ2n) is 7.76. The van der Waals surface area contributed by atoms with E-state index in [1.807, 2.05) is 60.1 Å². The van der Waals surface area contributed by atoms with E-state index >= 15 is 0 Å². The van der Waals surface area contributed by atoms with E-state index in [2.05, 4.69) is 16.9 Å². The summed E-state index contributed by atoms with van der Waals surface area (Å²) in [6.07, 6.45) is 5.83. The second-order valence-corrected chi connectivity index (χ2v) is 9.36. The molecule has 156 valence electrons. The highest BCUT2D eigenvalue weighted by Gasteiger charge is 2.20. The van der Waals surface area contributed by atoms with Crippen molar-refractivity contribution in [1.29, 1.82) is 0 Å². The van der Waals surface area contributed by atoms with Gasteiger partial charge >= 0.3 is 0 Å². The predicted octanol–water partition coefficient (Wildman–Crippen LogP) is 4.46. The third kappa shape index (κ3) is 4.89. The van der Waals surface area contributed by atoms with Crippen LogP contribution in [0, 0.1) is 0 Å². The molecule has 1 aliphatic rings. The molecule has 1 aromatic heterocycles. The van der Waals surface area contributed by atoms with Gasteiger partial charge in [0.05, 0.1) is 12.2 Å². The maximum absolute atomic E-state index is 12.6. The lowest BCUT2D eigenvalue weighted by atomic mass is 9.95. The van der Waals surface area contributed by atoms with Crippen LogP contribution in [0.2, 0.25) is 0 Å². The summed E-state index contributed by atoms with van der Waals surface area (Å²) in [7, 11) is -3.58. The second kappa shape index (κ2) is 8.98.